The van der Waals surface area contributed by atoms with Gasteiger partial charge in [0.05, 0.1) is 11.5 Å². The van der Waals surface area contributed by atoms with Crippen molar-refractivity contribution in [3.63, 3.8) is 0 Å². The summed E-state index contributed by atoms with van der Waals surface area (Å²) in [6.45, 7) is 3.46. The Bertz CT molecular complexity index is 347. The van der Waals surface area contributed by atoms with Crippen LogP contribution in [0.2, 0.25) is 0 Å². The van der Waals surface area contributed by atoms with Crippen LogP contribution < -0.4 is 5.32 Å². The molecule has 1 aromatic rings. The molecule has 0 radical (unpaired) electrons. The lowest BCUT2D eigenvalue weighted by molar-refractivity contribution is -0.385. The third-order valence-electron chi connectivity index (χ3n) is 2.34. The summed E-state index contributed by atoms with van der Waals surface area (Å²) in [5.41, 5.74) is 0.832. The summed E-state index contributed by atoms with van der Waals surface area (Å²) in [5.74, 6) is 0. The third kappa shape index (κ3) is 4.46. The van der Waals surface area contributed by atoms with E-state index in [1.165, 1.54) is 12.3 Å². The van der Waals surface area contributed by atoms with Gasteiger partial charge in [-0.05, 0) is 12.6 Å². The summed E-state index contributed by atoms with van der Waals surface area (Å²) in [4.78, 5) is 14.1. The smallest absolute Gasteiger partial charge is 0.287 e. The maximum absolute atomic E-state index is 10.5. The molecule has 0 spiro atoms. The van der Waals surface area contributed by atoms with Gasteiger partial charge in [-0.2, -0.15) is 0 Å². The van der Waals surface area contributed by atoms with Gasteiger partial charge in [0.1, 0.15) is 6.20 Å². The van der Waals surface area contributed by atoms with Gasteiger partial charge in [-0.1, -0.05) is 6.92 Å². The van der Waals surface area contributed by atoms with Gasteiger partial charge in [0.25, 0.3) is 5.69 Å². The molecular formula is C11H17N3O3. The van der Waals surface area contributed by atoms with E-state index in [-0.39, 0.29) is 11.7 Å². The quantitative estimate of drug-likeness (QED) is 0.570. The van der Waals surface area contributed by atoms with Crippen LogP contribution in [-0.2, 0) is 11.2 Å². The molecule has 1 rings (SSSR count). The normalized spacial score (nSPS) is 12.4. The van der Waals surface area contributed by atoms with Crippen LogP contribution in [0.3, 0.4) is 0 Å². The van der Waals surface area contributed by atoms with Crippen molar-refractivity contribution >= 4 is 5.69 Å². The fourth-order valence-corrected chi connectivity index (χ4v) is 1.58. The van der Waals surface area contributed by atoms with Gasteiger partial charge in [0.15, 0.2) is 0 Å². The molecule has 0 aromatic carbocycles. The predicted molar refractivity (Wildman–Crippen MR) is 63.9 cm³/mol. The van der Waals surface area contributed by atoms with Crippen molar-refractivity contribution in [2.24, 2.45) is 0 Å². The van der Waals surface area contributed by atoms with E-state index in [2.05, 4.69) is 10.3 Å². The molecule has 94 valence electrons. The van der Waals surface area contributed by atoms with Gasteiger partial charge in [-0.15, -0.1) is 0 Å². The topological polar surface area (TPSA) is 77.3 Å². The molecule has 1 heterocycles. The van der Waals surface area contributed by atoms with Gasteiger partial charge >= 0.3 is 0 Å². The number of nitrogens with zero attached hydrogens (tertiary/aromatic N) is 2. The van der Waals surface area contributed by atoms with Gasteiger partial charge in [0, 0.05) is 31.3 Å². The summed E-state index contributed by atoms with van der Waals surface area (Å²) in [6, 6.07) is 3.33. The molecule has 1 N–H and O–H groups in total. The van der Waals surface area contributed by atoms with E-state index >= 15 is 0 Å². The van der Waals surface area contributed by atoms with Crippen molar-refractivity contribution in [3.05, 3.63) is 34.1 Å². The second kappa shape index (κ2) is 6.93. The van der Waals surface area contributed by atoms with E-state index in [1.807, 2.05) is 6.92 Å². The average Bonchev–Trinajstić information content (AvgIpc) is 2.30. The maximum atomic E-state index is 10.5. The molecule has 0 amide bonds. The zero-order valence-electron chi connectivity index (χ0n) is 10.0. The highest BCUT2D eigenvalue weighted by Crippen LogP contribution is 2.10. The molecule has 1 unspecified atom stereocenters. The molecule has 6 heteroatoms. The molecule has 6 nitrogen and oxygen atoms in total. The Labute approximate surface area is 100 Å². The molecule has 1 atom stereocenters. The van der Waals surface area contributed by atoms with Crippen LogP contribution in [0.15, 0.2) is 18.3 Å². The van der Waals surface area contributed by atoms with E-state index in [9.17, 15) is 10.1 Å². The summed E-state index contributed by atoms with van der Waals surface area (Å²) < 4.78 is 5.09. The molecule has 0 bridgehead atoms. The lowest BCUT2D eigenvalue weighted by atomic mass is 10.1. The van der Waals surface area contributed by atoms with Crippen LogP contribution in [0.5, 0.6) is 0 Å². The largest absolute Gasteiger partial charge is 0.383 e. The van der Waals surface area contributed by atoms with Crippen molar-refractivity contribution in [1.82, 2.24) is 10.3 Å². The highest BCUT2D eigenvalue weighted by atomic mass is 16.6. The summed E-state index contributed by atoms with van der Waals surface area (Å²) >= 11 is 0. The van der Waals surface area contributed by atoms with E-state index < -0.39 is 4.92 Å². The number of hydrogen-bond acceptors (Lipinski definition) is 5. The minimum atomic E-state index is -0.451. The van der Waals surface area contributed by atoms with E-state index in [4.69, 9.17) is 4.74 Å². The number of methoxy groups -OCH3 is 1. The van der Waals surface area contributed by atoms with Crippen LogP contribution in [0.4, 0.5) is 5.69 Å². The maximum Gasteiger partial charge on any atom is 0.287 e. The summed E-state index contributed by atoms with van der Waals surface area (Å²) in [7, 11) is 1.65. The Morgan fingerprint density at radius 3 is 2.82 bits per heavy atom. The molecule has 0 saturated carbocycles. The summed E-state index contributed by atoms with van der Waals surface area (Å²) in [6.07, 6.45) is 1.98. The predicted octanol–water partition coefficient (Wildman–Crippen LogP) is 1.16. The van der Waals surface area contributed by atoms with Crippen LogP contribution in [-0.4, -0.2) is 36.2 Å². The zero-order chi connectivity index (χ0) is 12.7. The Morgan fingerprint density at radius 2 is 2.35 bits per heavy atom. The first-order chi connectivity index (χ1) is 8.17. The first-order valence-corrected chi connectivity index (χ1v) is 5.49. The molecule has 0 aliphatic carbocycles. The first-order valence-electron chi connectivity index (χ1n) is 5.49. The lowest BCUT2D eigenvalue weighted by Gasteiger charge is -2.16. The minimum Gasteiger partial charge on any atom is -0.383 e. The van der Waals surface area contributed by atoms with E-state index in [1.54, 1.807) is 13.2 Å². The highest BCUT2D eigenvalue weighted by molar-refractivity contribution is 5.26. The van der Waals surface area contributed by atoms with Crippen LogP contribution >= 0.6 is 0 Å². The van der Waals surface area contributed by atoms with Gasteiger partial charge in [-0.3, -0.25) is 15.1 Å². The molecular weight excluding hydrogens is 222 g/mol. The number of pyridine rings is 1. The van der Waals surface area contributed by atoms with Crippen molar-refractivity contribution in [3.8, 4) is 0 Å². The van der Waals surface area contributed by atoms with Crippen LogP contribution in [0.1, 0.15) is 12.6 Å². The standard InChI is InChI=1S/C11H17N3O3/c1-3-12-10(8-17-2)6-9-4-5-11(7-13-9)14(15)16/h4-5,7,10,12H,3,6,8H2,1-2H3. The third-order valence-corrected chi connectivity index (χ3v) is 2.34. The number of ether oxygens (including phenoxy) is 1. The molecule has 17 heavy (non-hydrogen) atoms. The monoisotopic (exact) mass is 239 g/mol. The Hall–Kier alpha value is -1.53. The Balaban J connectivity index is 2.62. The molecule has 0 saturated heterocycles. The molecule has 0 aliphatic rings. The molecule has 0 aliphatic heterocycles. The molecule has 1 aromatic heterocycles. The second-order valence-electron chi connectivity index (χ2n) is 3.68. The Morgan fingerprint density at radius 1 is 1.59 bits per heavy atom. The average molecular weight is 239 g/mol. The SMILES string of the molecule is CCNC(COC)Cc1ccc([N+](=O)[O-])cn1. The number of nitro groups is 1. The number of nitrogens with one attached hydrogen (secondary N) is 1. The van der Waals surface area contributed by atoms with Crippen molar-refractivity contribution in [2.75, 3.05) is 20.3 Å². The fourth-order valence-electron chi connectivity index (χ4n) is 1.58. The van der Waals surface area contributed by atoms with Crippen LogP contribution in [0.25, 0.3) is 0 Å². The summed E-state index contributed by atoms with van der Waals surface area (Å²) in [5, 5.41) is 13.7. The molecule has 0 fully saturated rings. The van der Waals surface area contributed by atoms with E-state index in [0.29, 0.717) is 13.0 Å². The lowest BCUT2D eigenvalue weighted by Crippen LogP contribution is -2.35. The second-order valence-corrected chi connectivity index (χ2v) is 3.68. The van der Waals surface area contributed by atoms with E-state index in [0.717, 1.165) is 12.2 Å². The van der Waals surface area contributed by atoms with Gasteiger partial charge in [-0.25, -0.2) is 0 Å². The fraction of sp³-hybridized carbons (Fsp3) is 0.545. The van der Waals surface area contributed by atoms with Crippen molar-refractivity contribution in [2.45, 2.75) is 19.4 Å². The number of aromatic nitrogens is 1. The number of rotatable bonds is 7. The zero-order valence-corrected chi connectivity index (χ0v) is 10.0. The Kier molecular flexibility index (Phi) is 5.51. The van der Waals surface area contributed by atoms with Crippen molar-refractivity contribution in [1.29, 1.82) is 0 Å². The number of hydrogen-bond donors (Lipinski definition) is 1. The van der Waals surface area contributed by atoms with Gasteiger partial charge in [0.2, 0.25) is 0 Å². The minimum absolute atomic E-state index is 0.0143. The van der Waals surface area contributed by atoms with Crippen LogP contribution in [0, 0.1) is 10.1 Å². The van der Waals surface area contributed by atoms with Crippen molar-refractivity contribution < 1.29 is 9.66 Å². The number of likely N-dealkylation sites (N-methyl/N-ethyl adjacent to an activating group) is 1. The highest BCUT2D eigenvalue weighted by Gasteiger charge is 2.10. The first kappa shape index (κ1) is 13.5. The van der Waals surface area contributed by atoms with Gasteiger partial charge < -0.3 is 10.1 Å².